The van der Waals surface area contributed by atoms with Gasteiger partial charge in [-0.2, -0.15) is 0 Å². The molecule has 3 heteroatoms. The van der Waals surface area contributed by atoms with Crippen LogP contribution < -0.4 is 5.32 Å². The van der Waals surface area contributed by atoms with Crippen molar-refractivity contribution in [1.29, 1.82) is 0 Å². The smallest absolute Gasteiger partial charge is 0.0742 e. The number of nitrogens with one attached hydrogen (secondary N) is 1. The Morgan fingerprint density at radius 2 is 1.83 bits per heavy atom. The first-order valence-electron chi connectivity index (χ1n) is 6.62. The lowest BCUT2D eigenvalue weighted by molar-refractivity contribution is -0.0000606. The largest absolute Gasteiger partial charge is 0.379 e. The molecular weight excluding hydrogens is 226 g/mol. The van der Waals surface area contributed by atoms with Crippen molar-refractivity contribution in [3.05, 3.63) is 35.4 Å². The quantitative estimate of drug-likeness (QED) is 0.721. The molecule has 0 aliphatic rings. The number of ether oxygens (including phenoxy) is 2. The summed E-state index contributed by atoms with van der Waals surface area (Å²) in [6.07, 6.45) is 0.123. The molecule has 0 aliphatic heterocycles. The number of benzene rings is 1. The molecule has 1 aromatic rings. The molecule has 2 atom stereocenters. The van der Waals surface area contributed by atoms with Gasteiger partial charge in [-0.3, -0.25) is 0 Å². The Balaban J connectivity index is 2.51. The Morgan fingerprint density at radius 1 is 1.17 bits per heavy atom. The zero-order chi connectivity index (χ0) is 13.4. The molecule has 0 heterocycles. The van der Waals surface area contributed by atoms with Crippen molar-refractivity contribution >= 4 is 0 Å². The molecule has 18 heavy (non-hydrogen) atoms. The Hall–Kier alpha value is -0.900. The number of hydrogen-bond acceptors (Lipinski definition) is 3. The van der Waals surface area contributed by atoms with E-state index in [9.17, 15) is 0 Å². The van der Waals surface area contributed by atoms with E-state index in [4.69, 9.17) is 9.47 Å². The maximum absolute atomic E-state index is 5.79. The van der Waals surface area contributed by atoms with E-state index in [0.717, 1.165) is 6.61 Å². The highest BCUT2D eigenvalue weighted by molar-refractivity contribution is 5.24. The second-order valence-corrected chi connectivity index (χ2v) is 4.45. The number of likely N-dealkylation sites (N-methyl/N-ethyl adjacent to an activating group) is 1. The molecule has 0 aromatic heterocycles. The number of hydrogen-bond donors (Lipinski definition) is 1. The maximum atomic E-state index is 5.79. The Labute approximate surface area is 110 Å². The van der Waals surface area contributed by atoms with Crippen LogP contribution in [0.25, 0.3) is 0 Å². The SMILES string of the molecule is CCOCCOC(C)C(NC)c1ccc(C)cc1. The summed E-state index contributed by atoms with van der Waals surface area (Å²) < 4.78 is 11.1. The fourth-order valence-electron chi connectivity index (χ4n) is 1.98. The van der Waals surface area contributed by atoms with Gasteiger partial charge in [0, 0.05) is 6.61 Å². The van der Waals surface area contributed by atoms with E-state index in [1.165, 1.54) is 11.1 Å². The van der Waals surface area contributed by atoms with Crippen molar-refractivity contribution in [1.82, 2.24) is 5.32 Å². The van der Waals surface area contributed by atoms with E-state index < -0.39 is 0 Å². The molecule has 0 bridgehead atoms. The fourth-order valence-corrected chi connectivity index (χ4v) is 1.98. The van der Waals surface area contributed by atoms with Gasteiger partial charge in [0.15, 0.2) is 0 Å². The molecule has 0 spiro atoms. The second-order valence-electron chi connectivity index (χ2n) is 4.45. The lowest BCUT2D eigenvalue weighted by Crippen LogP contribution is -2.30. The summed E-state index contributed by atoms with van der Waals surface area (Å²) in [6, 6.07) is 8.78. The van der Waals surface area contributed by atoms with Gasteiger partial charge in [0.2, 0.25) is 0 Å². The Kier molecular flexibility index (Phi) is 6.94. The summed E-state index contributed by atoms with van der Waals surface area (Å²) in [7, 11) is 1.97. The fraction of sp³-hybridized carbons (Fsp3) is 0.600. The van der Waals surface area contributed by atoms with Crippen LogP contribution in [0.2, 0.25) is 0 Å². The monoisotopic (exact) mass is 251 g/mol. The Bertz CT molecular complexity index is 324. The van der Waals surface area contributed by atoms with Crippen LogP contribution in [-0.2, 0) is 9.47 Å². The maximum Gasteiger partial charge on any atom is 0.0742 e. The second kappa shape index (κ2) is 8.25. The normalized spacial score (nSPS) is 14.4. The van der Waals surface area contributed by atoms with Crippen LogP contribution in [0.3, 0.4) is 0 Å². The summed E-state index contributed by atoms with van der Waals surface area (Å²) >= 11 is 0. The zero-order valence-electron chi connectivity index (χ0n) is 11.9. The van der Waals surface area contributed by atoms with Crippen LogP contribution in [-0.4, -0.2) is 33.0 Å². The third-order valence-electron chi connectivity index (χ3n) is 3.03. The highest BCUT2D eigenvalue weighted by atomic mass is 16.5. The number of aryl methyl sites for hydroxylation is 1. The average Bonchev–Trinajstić information content (AvgIpc) is 2.38. The van der Waals surface area contributed by atoms with Crippen molar-refractivity contribution in [2.75, 3.05) is 26.9 Å². The summed E-state index contributed by atoms with van der Waals surface area (Å²) in [5, 5.41) is 3.31. The summed E-state index contributed by atoms with van der Waals surface area (Å²) in [5.74, 6) is 0. The van der Waals surface area contributed by atoms with Crippen LogP contribution in [0.5, 0.6) is 0 Å². The molecule has 3 nitrogen and oxygen atoms in total. The van der Waals surface area contributed by atoms with Gasteiger partial charge in [-0.15, -0.1) is 0 Å². The van der Waals surface area contributed by atoms with E-state index in [2.05, 4.69) is 43.4 Å². The molecule has 0 saturated carbocycles. The van der Waals surface area contributed by atoms with Gasteiger partial charge in [-0.1, -0.05) is 29.8 Å². The molecule has 102 valence electrons. The van der Waals surface area contributed by atoms with Crippen LogP contribution in [0.4, 0.5) is 0 Å². The third kappa shape index (κ3) is 4.77. The minimum atomic E-state index is 0.123. The minimum absolute atomic E-state index is 0.123. The van der Waals surface area contributed by atoms with Crippen LogP contribution in [0, 0.1) is 6.92 Å². The van der Waals surface area contributed by atoms with Crippen molar-refractivity contribution < 1.29 is 9.47 Å². The van der Waals surface area contributed by atoms with Crippen LogP contribution in [0.15, 0.2) is 24.3 Å². The first-order chi connectivity index (χ1) is 8.69. The summed E-state index contributed by atoms with van der Waals surface area (Å²) in [4.78, 5) is 0. The molecule has 1 rings (SSSR count). The molecule has 1 aromatic carbocycles. The van der Waals surface area contributed by atoms with Gasteiger partial charge in [0.05, 0.1) is 25.4 Å². The van der Waals surface area contributed by atoms with E-state index in [1.807, 2.05) is 14.0 Å². The standard InChI is InChI=1S/C15H25NO2/c1-5-17-10-11-18-13(3)15(16-4)14-8-6-12(2)7-9-14/h6-9,13,15-16H,5,10-11H2,1-4H3. The molecule has 1 N–H and O–H groups in total. The van der Waals surface area contributed by atoms with E-state index in [0.29, 0.717) is 13.2 Å². The van der Waals surface area contributed by atoms with Gasteiger partial charge >= 0.3 is 0 Å². The highest BCUT2D eigenvalue weighted by Crippen LogP contribution is 2.19. The summed E-state index contributed by atoms with van der Waals surface area (Å²) in [6.45, 7) is 8.22. The first kappa shape index (κ1) is 15.2. The summed E-state index contributed by atoms with van der Waals surface area (Å²) in [5.41, 5.74) is 2.53. The molecule has 0 saturated heterocycles. The highest BCUT2D eigenvalue weighted by Gasteiger charge is 2.17. The van der Waals surface area contributed by atoms with Crippen molar-refractivity contribution in [3.8, 4) is 0 Å². The van der Waals surface area contributed by atoms with Crippen LogP contribution >= 0.6 is 0 Å². The molecule has 2 unspecified atom stereocenters. The third-order valence-corrected chi connectivity index (χ3v) is 3.03. The van der Waals surface area contributed by atoms with Gasteiger partial charge < -0.3 is 14.8 Å². The topological polar surface area (TPSA) is 30.5 Å². The molecule has 0 aliphatic carbocycles. The van der Waals surface area contributed by atoms with Crippen molar-refractivity contribution in [2.45, 2.75) is 32.9 Å². The lowest BCUT2D eigenvalue weighted by Gasteiger charge is -2.24. The molecule has 0 amide bonds. The first-order valence-corrected chi connectivity index (χ1v) is 6.62. The van der Waals surface area contributed by atoms with Crippen LogP contribution in [0.1, 0.15) is 31.0 Å². The van der Waals surface area contributed by atoms with Crippen molar-refractivity contribution in [3.63, 3.8) is 0 Å². The van der Waals surface area contributed by atoms with Crippen molar-refractivity contribution in [2.24, 2.45) is 0 Å². The van der Waals surface area contributed by atoms with Gasteiger partial charge in [0.25, 0.3) is 0 Å². The van der Waals surface area contributed by atoms with E-state index in [-0.39, 0.29) is 12.1 Å². The zero-order valence-corrected chi connectivity index (χ0v) is 11.9. The predicted molar refractivity (Wildman–Crippen MR) is 74.9 cm³/mol. The Morgan fingerprint density at radius 3 is 2.39 bits per heavy atom. The minimum Gasteiger partial charge on any atom is -0.379 e. The number of rotatable bonds is 8. The molecular formula is C15H25NO2. The lowest BCUT2D eigenvalue weighted by atomic mass is 10.0. The average molecular weight is 251 g/mol. The molecule has 0 fully saturated rings. The predicted octanol–water partition coefficient (Wildman–Crippen LogP) is 2.70. The van der Waals surface area contributed by atoms with Gasteiger partial charge in [-0.25, -0.2) is 0 Å². The van der Waals surface area contributed by atoms with E-state index in [1.54, 1.807) is 0 Å². The van der Waals surface area contributed by atoms with Gasteiger partial charge in [0.1, 0.15) is 0 Å². The molecule has 0 radical (unpaired) electrons. The van der Waals surface area contributed by atoms with E-state index >= 15 is 0 Å². The van der Waals surface area contributed by atoms with Gasteiger partial charge in [-0.05, 0) is 33.4 Å².